The number of aryl methyl sites for hydroxylation is 6. The highest BCUT2D eigenvalue weighted by Gasteiger charge is 2.51. The largest absolute Gasteiger partial charge is 0.227 e. The van der Waals surface area contributed by atoms with Gasteiger partial charge in [0.2, 0.25) is 13.4 Å². The molecule has 0 N–H and O–H groups in total. The molecule has 2 heterocycles. The van der Waals surface area contributed by atoms with Gasteiger partial charge in [0.25, 0.3) is 0 Å². The van der Waals surface area contributed by atoms with E-state index in [1.165, 1.54) is 126 Å². The molecule has 0 amide bonds. The third-order valence-corrected chi connectivity index (χ3v) is 31.4. The summed E-state index contributed by atoms with van der Waals surface area (Å²) >= 11 is 0. The van der Waals surface area contributed by atoms with Crippen molar-refractivity contribution in [2.24, 2.45) is 0 Å². The summed E-state index contributed by atoms with van der Waals surface area (Å²) in [7, 11) is -7.75. The molecule has 0 unspecified atom stereocenters. The van der Waals surface area contributed by atoms with Gasteiger partial charge in [-0.3, -0.25) is 0 Å². The van der Waals surface area contributed by atoms with Crippen LogP contribution in [0.1, 0.15) is 306 Å². The van der Waals surface area contributed by atoms with E-state index in [2.05, 4.69) is 397 Å². The first-order chi connectivity index (χ1) is 47.6. The summed E-state index contributed by atoms with van der Waals surface area (Å²) in [6.07, 6.45) is 5.54. The Hall–Kier alpha value is -4.72. The maximum absolute atomic E-state index is 2.61. The molecule has 0 saturated heterocycles. The van der Waals surface area contributed by atoms with Gasteiger partial charge in [0.1, 0.15) is 0 Å². The Kier molecular flexibility index (Phi) is 26.8. The van der Waals surface area contributed by atoms with E-state index in [-0.39, 0.29) is 43.3 Å². The van der Waals surface area contributed by atoms with E-state index in [0.717, 1.165) is 0 Å². The molecule has 0 atom stereocenters. The summed E-state index contributed by atoms with van der Waals surface area (Å²) in [5.41, 5.74) is 35.3. The van der Waals surface area contributed by atoms with Gasteiger partial charge in [-0.05, 0) is 174 Å². The van der Waals surface area contributed by atoms with Crippen molar-refractivity contribution >= 4 is 78.9 Å². The van der Waals surface area contributed by atoms with Gasteiger partial charge < -0.3 is 0 Å². The summed E-state index contributed by atoms with van der Waals surface area (Å²) in [6.45, 7) is 108. The zero-order chi connectivity index (χ0) is 81.5. The maximum Gasteiger partial charge on any atom is 0.227 e. The lowest BCUT2D eigenvalue weighted by molar-refractivity contribution is 0.567. The topological polar surface area (TPSA) is 0 Å². The Morgan fingerprint density at radius 2 is 0.368 bits per heavy atom. The number of benzene rings is 6. The van der Waals surface area contributed by atoms with Gasteiger partial charge in [-0.15, -0.1) is 0 Å². The van der Waals surface area contributed by atoms with Gasteiger partial charge in [0.05, 0.1) is 32.3 Å². The minimum Gasteiger partial charge on any atom is -0.0933 e. The smallest absolute Gasteiger partial charge is 0.0933 e. The van der Waals surface area contributed by atoms with Crippen molar-refractivity contribution in [1.82, 2.24) is 0 Å². The van der Waals surface area contributed by atoms with Gasteiger partial charge in [-0.1, -0.05) is 446 Å². The average Bonchev–Trinajstić information content (AvgIpc) is 1.55. The van der Waals surface area contributed by atoms with Crippen molar-refractivity contribution in [3.63, 3.8) is 0 Å². The van der Waals surface area contributed by atoms with Crippen LogP contribution in [-0.2, 0) is 43.3 Å². The van der Waals surface area contributed by atoms with Crippen LogP contribution in [-0.4, -0.2) is 45.7 Å². The Morgan fingerprint density at radius 1 is 0.226 bits per heavy atom. The van der Waals surface area contributed by atoms with Crippen LogP contribution in [0.25, 0.3) is 22.3 Å². The fourth-order valence-electron chi connectivity index (χ4n) is 16.8. The number of hydrogen-bond acceptors (Lipinski definition) is 0. The second-order valence-corrected chi connectivity index (χ2v) is 65.7. The highest BCUT2D eigenvalue weighted by Crippen LogP contribution is 2.55. The highest BCUT2D eigenvalue weighted by atomic mass is 28.3. The molecular formula is C100H156B2Si4. The van der Waals surface area contributed by atoms with Crippen molar-refractivity contribution in [3.05, 3.63) is 218 Å². The molecule has 2 aliphatic heterocycles. The molecular weight excluding hydrogens is 1340 g/mol. The third kappa shape index (κ3) is 20.9. The lowest BCUT2D eigenvalue weighted by Crippen LogP contribution is -2.50. The summed E-state index contributed by atoms with van der Waals surface area (Å²) in [6, 6.07) is 40.5. The first kappa shape index (κ1) is 90.2. The highest BCUT2D eigenvalue weighted by molar-refractivity contribution is 7.17. The van der Waals surface area contributed by atoms with Crippen molar-refractivity contribution in [2.75, 3.05) is 0 Å². The van der Waals surface area contributed by atoms with Crippen molar-refractivity contribution < 1.29 is 0 Å². The molecule has 0 nitrogen and oxygen atoms in total. The fourth-order valence-corrected chi connectivity index (χ4v) is 25.7. The SMILES string of the molecule is CCCCCC.Cc1cc(C)c(B2C([Si](C)(C)C)=C(c3cc(C(C)(C)C)cc(C(C)(C)C)c3)C(c3cc(C(C)(C)C)cc(C(C)(C)C)c3)=C2[Si](C)(C)C)c(C)c1.Cc1cc(C)c(B2C([Si](C)(C)C)=C(c3cc(C(C)(C)C)cc(C(C)(C)C)c3)C(c3cc(C(C)(C)C)cc(C(C)(C)C)c3)=C2[Si](C)(C)C)c(C)c1. The van der Waals surface area contributed by atoms with E-state index in [1.807, 2.05) is 0 Å². The summed E-state index contributed by atoms with van der Waals surface area (Å²) in [5.74, 6) is 0. The van der Waals surface area contributed by atoms with E-state index < -0.39 is 32.3 Å². The molecule has 0 fully saturated rings. The predicted molar refractivity (Wildman–Crippen MR) is 498 cm³/mol. The van der Waals surface area contributed by atoms with Gasteiger partial charge in [-0.25, -0.2) is 0 Å². The minimum absolute atomic E-state index is 0.0368. The minimum atomic E-state index is -1.94. The third-order valence-electron chi connectivity index (χ3n) is 22.8. The molecule has 0 bridgehead atoms. The van der Waals surface area contributed by atoms with Gasteiger partial charge in [-0.2, -0.15) is 0 Å². The molecule has 6 heteroatoms. The second-order valence-electron chi connectivity index (χ2n) is 45.5. The Balaban J connectivity index is 0.000000308. The van der Waals surface area contributed by atoms with E-state index >= 15 is 0 Å². The van der Waals surface area contributed by atoms with E-state index in [1.54, 1.807) is 53.6 Å². The van der Waals surface area contributed by atoms with Crippen LogP contribution in [0.3, 0.4) is 0 Å². The monoisotopic (exact) mass is 1490 g/mol. The van der Waals surface area contributed by atoms with Crippen LogP contribution in [0, 0.1) is 41.5 Å². The van der Waals surface area contributed by atoms with Gasteiger partial charge >= 0.3 is 0 Å². The van der Waals surface area contributed by atoms with Gasteiger partial charge in [0, 0.05) is 0 Å². The number of unbranched alkanes of at least 4 members (excludes halogenated alkanes) is 3. The van der Waals surface area contributed by atoms with Crippen molar-refractivity contribution in [2.45, 2.75) is 369 Å². The van der Waals surface area contributed by atoms with Crippen LogP contribution in [0.15, 0.2) is 117 Å². The molecule has 0 aliphatic carbocycles. The van der Waals surface area contributed by atoms with Crippen LogP contribution < -0.4 is 10.9 Å². The molecule has 0 radical (unpaired) electrons. The average molecular weight is 1490 g/mol. The summed E-state index contributed by atoms with van der Waals surface area (Å²) in [5, 5.41) is 6.91. The summed E-state index contributed by atoms with van der Waals surface area (Å²) < 4.78 is 0. The lowest BCUT2D eigenvalue weighted by Gasteiger charge is -2.33. The van der Waals surface area contributed by atoms with Crippen molar-refractivity contribution in [3.8, 4) is 0 Å². The van der Waals surface area contributed by atoms with Crippen LogP contribution in [0.4, 0.5) is 0 Å². The molecule has 0 spiro atoms. The predicted octanol–water partition coefficient (Wildman–Crippen LogP) is 29.1. The lowest BCUT2D eigenvalue weighted by atomic mass is 9.43. The van der Waals surface area contributed by atoms with Crippen molar-refractivity contribution in [1.29, 1.82) is 0 Å². The van der Waals surface area contributed by atoms with Crippen LogP contribution in [0.2, 0.25) is 78.6 Å². The van der Waals surface area contributed by atoms with Crippen LogP contribution in [0.5, 0.6) is 0 Å². The normalized spacial score (nSPS) is 15.1. The fraction of sp³-hybridized carbons (Fsp3) is 0.560. The molecule has 2 aliphatic rings. The Morgan fingerprint density at radius 3 is 0.481 bits per heavy atom. The second kappa shape index (κ2) is 31.4. The Labute approximate surface area is 660 Å². The molecule has 0 saturated carbocycles. The van der Waals surface area contributed by atoms with E-state index in [0.29, 0.717) is 13.4 Å². The number of allylic oxidation sites excluding steroid dienone is 4. The first-order valence-corrected chi connectivity index (χ1v) is 55.4. The molecule has 0 aromatic heterocycles. The van der Waals surface area contributed by atoms with Crippen LogP contribution >= 0.6 is 0 Å². The molecule has 578 valence electrons. The zero-order valence-corrected chi connectivity index (χ0v) is 81.2. The molecule has 6 aromatic carbocycles. The number of hydrogen-bond donors (Lipinski definition) is 0. The van der Waals surface area contributed by atoms with E-state index in [9.17, 15) is 0 Å². The maximum atomic E-state index is 2.61. The van der Waals surface area contributed by atoms with E-state index in [4.69, 9.17) is 0 Å². The van der Waals surface area contributed by atoms with Gasteiger partial charge in [0.15, 0.2) is 0 Å². The summed E-state index contributed by atoms with van der Waals surface area (Å²) in [4.78, 5) is 0. The first-order valence-electron chi connectivity index (χ1n) is 41.4. The zero-order valence-electron chi connectivity index (χ0n) is 77.2. The quantitative estimate of drug-likeness (QED) is 0.0799. The molecule has 8 rings (SSSR count). The molecule has 6 aromatic rings. The standard InChI is InChI=1S/2C47H71BSi2.C6H14/c2*1-30-22-31(2)41(32(3)23-30)48-42(49(16,17)18)39(33-24-35(44(4,5)6)28-36(25-33)45(7,8)9)40(43(48)50(19,20)21)34-26-37(46(10,11)12)29-38(27-34)47(13,14)15;1-3-5-6-4-2/h2*22-29H,1-21H3;3-6H2,1-2H3. The molecule has 106 heavy (non-hydrogen) atoms. The number of rotatable bonds is 13. The Bertz CT molecular complexity index is 3670.